The van der Waals surface area contributed by atoms with Gasteiger partial charge in [0.15, 0.2) is 0 Å². The Bertz CT molecular complexity index is 428. The lowest BCUT2D eigenvalue weighted by atomic mass is 10.0. The molecule has 0 saturated carbocycles. The normalized spacial score (nSPS) is 12.4. The first-order valence-corrected chi connectivity index (χ1v) is 5.77. The van der Waals surface area contributed by atoms with Gasteiger partial charge in [-0.1, -0.05) is 13.8 Å². The summed E-state index contributed by atoms with van der Waals surface area (Å²) in [5, 5.41) is 13.2. The van der Waals surface area contributed by atoms with Crippen LogP contribution in [0, 0.1) is 16.0 Å². The van der Waals surface area contributed by atoms with Crippen molar-refractivity contribution in [2.45, 2.75) is 26.3 Å². The molecule has 0 aromatic carbocycles. The van der Waals surface area contributed by atoms with Gasteiger partial charge in [-0.3, -0.25) is 14.9 Å². The van der Waals surface area contributed by atoms with Gasteiger partial charge in [-0.25, -0.2) is 0 Å². The van der Waals surface area contributed by atoms with Gasteiger partial charge < -0.3 is 16.0 Å². The molecule has 0 bridgehead atoms. The smallest absolute Gasteiger partial charge is 0.287 e. The van der Waals surface area contributed by atoms with Crippen LogP contribution < -0.4 is 11.1 Å². The Morgan fingerprint density at radius 3 is 2.72 bits per heavy atom. The summed E-state index contributed by atoms with van der Waals surface area (Å²) in [7, 11) is 0. The molecule has 0 radical (unpaired) electrons. The van der Waals surface area contributed by atoms with Crippen molar-refractivity contribution in [1.29, 1.82) is 0 Å². The van der Waals surface area contributed by atoms with Crippen molar-refractivity contribution in [1.82, 2.24) is 10.3 Å². The molecule has 1 atom stereocenters. The summed E-state index contributed by atoms with van der Waals surface area (Å²) < 4.78 is 0. The number of H-pyrrole nitrogens is 1. The number of nitrogens with two attached hydrogens (primary N) is 1. The van der Waals surface area contributed by atoms with E-state index in [2.05, 4.69) is 10.3 Å². The second-order valence-electron chi connectivity index (χ2n) is 4.56. The van der Waals surface area contributed by atoms with E-state index in [0.717, 1.165) is 6.42 Å². The quantitative estimate of drug-likeness (QED) is 0.519. The number of nitrogens with one attached hydrogen (secondary N) is 2. The number of aromatic nitrogens is 1. The third-order valence-electron chi connectivity index (χ3n) is 2.50. The molecule has 1 aromatic heterocycles. The van der Waals surface area contributed by atoms with Crippen molar-refractivity contribution >= 4 is 11.6 Å². The number of amides is 1. The van der Waals surface area contributed by atoms with Crippen molar-refractivity contribution < 1.29 is 9.72 Å². The van der Waals surface area contributed by atoms with E-state index in [9.17, 15) is 14.9 Å². The summed E-state index contributed by atoms with van der Waals surface area (Å²) in [4.78, 5) is 24.3. The zero-order chi connectivity index (χ0) is 13.7. The highest BCUT2D eigenvalue weighted by Crippen LogP contribution is 2.12. The van der Waals surface area contributed by atoms with Crippen LogP contribution in [0.3, 0.4) is 0 Å². The lowest BCUT2D eigenvalue weighted by molar-refractivity contribution is -0.384. The summed E-state index contributed by atoms with van der Waals surface area (Å²) >= 11 is 0. The molecular formula is C11H18N4O3. The maximum absolute atomic E-state index is 11.8. The molecule has 1 aromatic rings. The van der Waals surface area contributed by atoms with E-state index in [4.69, 9.17) is 5.73 Å². The minimum Gasteiger partial charge on any atom is -0.351 e. The number of nitro groups is 1. The third-order valence-corrected chi connectivity index (χ3v) is 2.50. The van der Waals surface area contributed by atoms with Crippen LogP contribution in [0.5, 0.6) is 0 Å². The Morgan fingerprint density at radius 2 is 2.28 bits per heavy atom. The number of carbonyl (C=O) groups is 1. The van der Waals surface area contributed by atoms with Gasteiger partial charge in [0.05, 0.1) is 11.1 Å². The van der Waals surface area contributed by atoms with E-state index >= 15 is 0 Å². The second kappa shape index (κ2) is 6.15. The largest absolute Gasteiger partial charge is 0.351 e. The monoisotopic (exact) mass is 254 g/mol. The van der Waals surface area contributed by atoms with Crippen molar-refractivity contribution in [3.05, 3.63) is 28.1 Å². The Morgan fingerprint density at radius 1 is 1.61 bits per heavy atom. The first kappa shape index (κ1) is 14.2. The molecule has 0 saturated heterocycles. The first-order valence-electron chi connectivity index (χ1n) is 5.77. The second-order valence-corrected chi connectivity index (χ2v) is 4.56. The average molecular weight is 254 g/mol. The lowest BCUT2D eigenvalue weighted by Gasteiger charge is -2.18. The molecule has 1 unspecified atom stereocenters. The molecule has 0 aliphatic rings. The van der Waals surface area contributed by atoms with Gasteiger partial charge in [0, 0.05) is 18.7 Å². The standard InChI is InChI=1S/C11H18N4O3/c1-7(2)3-8(5-12)14-11(16)10-4-9(6-13-10)15(17)18/h4,6-8,13H,3,5,12H2,1-2H3,(H,14,16). The van der Waals surface area contributed by atoms with E-state index in [0.29, 0.717) is 12.5 Å². The molecule has 7 nitrogen and oxygen atoms in total. The molecule has 0 aliphatic carbocycles. The van der Waals surface area contributed by atoms with Gasteiger partial charge in [-0.2, -0.15) is 0 Å². The predicted octanol–water partition coefficient (Wildman–Crippen LogP) is 1.03. The summed E-state index contributed by atoms with van der Waals surface area (Å²) in [5.74, 6) is 0.0380. The molecule has 0 spiro atoms. The minimum absolute atomic E-state index is 0.125. The van der Waals surface area contributed by atoms with Gasteiger partial charge in [-0.05, 0) is 12.3 Å². The molecule has 4 N–H and O–H groups in total. The number of carbonyl (C=O) groups excluding carboxylic acids is 1. The topological polar surface area (TPSA) is 114 Å². The molecular weight excluding hydrogens is 236 g/mol. The van der Waals surface area contributed by atoms with E-state index in [1.807, 2.05) is 13.8 Å². The van der Waals surface area contributed by atoms with E-state index in [-0.39, 0.29) is 23.3 Å². The molecule has 0 fully saturated rings. The number of nitrogens with zero attached hydrogens (tertiary/aromatic N) is 1. The van der Waals surface area contributed by atoms with E-state index in [1.165, 1.54) is 12.3 Å². The molecule has 1 heterocycles. The average Bonchev–Trinajstić information content (AvgIpc) is 2.76. The van der Waals surface area contributed by atoms with Crippen molar-refractivity contribution in [2.75, 3.05) is 6.54 Å². The maximum Gasteiger partial charge on any atom is 0.287 e. The maximum atomic E-state index is 11.8. The summed E-state index contributed by atoms with van der Waals surface area (Å²) in [5.41, 5.74) is 5.61. The predicted molar refractivity (Wildman–Crippen MR) is 67.2 cm³/mol. The van der Waals surface area contributed by atoms with Gasteiger partial charge >= 0.3 is 0 Å². The molecule has 100 valence electrons. The van der Waals surface area contributed by atoms with E-state index < -0.39 is 4.92 Å². The highest BCUT2D eigenvalue weighted by molar-refractivity contribution is 5.93. The van der Waals surface area contributed by atoms with Crippen LogP contribution in [0.4, 0.5) is 5.69 Å². The zero-order valence-electron chi connectivity index (χ0n) is 10.5. The third kappa shape index (κ3) is 3.85. The molecule has 7 heteroatoms. The minimum atomic E-state index is -0.554. The Labute approximate surface area is 105 Å². The van der Waals surface area contributed by atoms with Crippen LogP contribution in [-0.4, -0.2) is 28.4 Å². The highest BCUT2D eigenvalue weighted by atomic mass is 16.6. The summed E-state index contributed by atoms with van der Waals surface area (Å²) in [6.07, 6.45) is 1.96. The Kier molecular flexibility index (Phi) is 4.85. The van der Waals surface area contributed by atoms with Crippen LogP contribution in [0.25, 0.3) is 0 Å². The highest BCUT2D eigenvalue weighted by Gasteiger charge is 2.17. The lowest BCUT2D eigenvalue weighted by Crippen LogP contribution is -2.41. The molecule has 1 amide bonds. The summed E-state index contributed by atoms with van der Waals surface area (Å²) in [6, 6.07) is 1.08. The van der Waals surface area contributed by atoms with E-state index in [1.54, 1.807) is 0 Å². The fraction of sp³-hybridized carbons (Fsp3) is 0.545. The zero-order valence-corrected chi connectivity index (χ0v) is 10.5. The number of hydrogen-bond acceptors (Lipinski definition) is 4. The fourth-order valence-corrected chi connectivity index (χ4v) is 1.67. The fourth-order valence-electron chi connectivity index (χ4n) is 1.67. The van der Waals surface area contributed by atoms with Crippen molar-refractivity contribution in [3.8, 4) is 0 Å². The van der Waals surface area contributed by atoms with Crippen LogP contribution in [0.15, 0.2) is 12.3 Å². The summed E-state index contributed by atoms with van der Waals surface area (Å²) in [6.45, 7) is 4.41. The molecule has 0 aliphatic heterocycles. The molecule has 1 rings (SSSR count). The number of rotatable bonds is 6. The SMILES string of the molecule is CC(C)CC(CN)NC(=O)c1cc([N+](=O)[O-])c[nH]1. The number of aromatic amines is 1. The van der Waals surface area contributed by atoms with Crippen LogP contribution in [0.1, 0.15) is 30.8 Å². The Hall–Kier alpha value is -1.89. The van der Waals surface area contributed by atoms with Crippen LogP contribution in [-0.2, 0) is 0 Å². The van der Waals surface area contributed by atoms with Gasteiger partial charge in [0.25, 0.3) is 11.6 Å². The van der Waals surface area contributed by atoms with Crippen molar-refractivity contribution in [3.63, 3.8) is 0 Å². The first-order chi connectivity index (χ1) is 8.43. The van der Waals surface area contributed by atoms with Gasteiger partial charge in [0.1, 0.15) is 5.69 Å². The Balaban J connectivity index is 2.65. The van der Waals surface area contributed by atoms with Crippen LogP contribution in [0.2, 0.25) is 0 Å². The number of hydrogen-bond donors (Lipinski definition) is 3. The van der Waals surface area contributed by atoms with Crippen LogP contribution >= 0.6 is 0 Å². The van der Waals surface area contributed by atoms with Gasteiger partial charge in [0.2, 0.25) is 0 Å². The van der Waals surface area contributed by atoms with Gasteiger partial charge in [-0.15, -0.1) is 0 Å². The van der Waals surface area contributed by atoms with Crippen molar-refractivity contribution in [2.24, 2.45) is 11.7 Å². The molecule has 18 heavy (non-hydrogen) atoms.